The number of alkyl halides is 1. The third-order valence-corrected chi connectivity index (χ3v) is 9.77. The Bertz CT molecular complexity index is 1040. The minimum absolute atomic E-state index is 0.0606. The topological polar surface area (TPSA) is 101 Å². The van der Waals surface area contributed by atoms with Gasteiger partial charge in [0.15, 0.2) is 22.8 Å². The predicted molar refractivity (Wildman–Crippen MR) is 128 cm³/mol. The molecular weight excluding hydrogens is 451 g/mol. The number of halogens is 1. The van der Waals surface area contributed by atoms with E-state index < -0.39 is 46.0 Å². The summed E-state index contributed by atoms with van der Waals surface area (Å²) in [4.78, 5) is 37.0. The molecule has 4 aliphatic carbocycles. The first-order chi connectivity index (χ1) is 16.3. The van der Waals surface area contributed by atoms with Crippen LogP contribution in [-0.4, -0.2) is 45.1 Å². The Morgan fingerprint density at radius 1 is 1.23 bits per heavy atom. The van der Waals surface area contributed by atoms with Crippen LogP contribution in [0, 0.1) is 28.6 Å². The lowest BCUT2D eigenvalue weighted by Crippen LogP contribution is -2.69. The fourth-order valence-corrected chi connectivity index (χ4v) is 7.96. The summed E-state index contributed by atoms with van der Waals surface area (Å²) in [6.45, 7) is 8.79. The lowest BCUT2D eigenvalue weighted by Gasteiger charge is -2.63. The van der Waals surface area contributed by atoms with Crippen molar-refractivity contribution < 1.29 is 33.7 Å². The molecule has 0 amide bonds. The van der Waals surface area contributed by atoms with Gasteiger partial charge in [-0.15, -0.1) is 0 Å². The normalized spacial score (nSPS) is 44.7. The molecule has 7 heteroatoms. The molecule has 0 unspecified atom stereocenters. The van der Waals surface area contributed by atoms with Crippen LogP contribution in [0.3, 0.4) is 0 Å². The lowest BCUT2D eigenvalue weighted by atomic mass is 9.44. The molecule has 0 aromatic carbocycles. The quantitative estimate of drug-likeness (QED) is 0.330. The van der Waals surface area contributed by atoms with Crippen molar-refractivity contribution in [2.45, 2.75) is 90.5 Å². The van der Waals surface area contributed by atoms with E-state index in [1.54, 1.807) is 26.8 Å². The molecule has 2 N–H and O–H groups in total. The van der Waals surface area contributed by atoms with E-state index in [1.807, 2.05) is 13.8 Å². The number of allylic oxidation sites excluding steroid dienone is 5. The number of rotatable bonds is 5. The number of ketones is 2. The maximum absolute atomic E-state index is 17.3. The summed E-state index contributed by atoms with van der Waals surface area (Å²) < 4.78 is 23.4. The average Bonchev–Trinajstić information content (AvgIpc) is 3.02. The number of fused-ring (bicyclic) bond motifs is 5. The predicted octanol–water partition coefficient (Wildman–Crippen LogP) is 4.72. The third-order valence-electron chi connectivity index (χ3n) is 9.77. The van der Waals surface area contributed by atoms with Crippen LogP contribution >= 0.6 is 0 Å². The molecule has 0 aromatic rings. The number of hydrogen-bond acceptors (Lipinski definition) is 6. The zero-order chi connectivity index (χ0) is 26.0. The van der Waals surface area contributed by atoms with Crippen LogP contribution in [0.4, 0.5) is 4.39 Å². The van der Waals surface area contributed by atoms with Crippen LogP contribution in [0.15, 0.2) is 35.6 Å². The number of ether oxygens (including phenoxy) is 1. The lowest BCUT2D eigenvalue weighted by molar-refractivity contribution is -0.227. The van der Waals surface area contributed by atoms with Crippen molar-refractivity contribution in [1.29, 1.82) is 0 Å². The number of hydrogen-bond donors (Lipinski definition) is 2. The number of aliphatic hydroxyl groups excluding tert-OH is 2. The zero-order valence-electron chi connectivity index (χ0n) is 21.3. The third kappa shape index (κ3) is 3.26. The highest BCUT2D eigenvalue weighted by Crippen LogP contribution is 2.72. The van der Waals surface area contributed by atoms with Crippen molar-refractivity contribution in [1.82, 2.24) is 0 Å². The first kappa shape index (κ1) is 25.8. The summed E-state index contributed by atoms with van der Waals surface area (Å²) in [6.07, 6.45) is 5.78. The summed E-state index contributed by atoms with van der Waals surface area (Å²) in [5.41, 5.74) is -5.01. The van der Waals surface area contributed by atoms with Crippen LogP contribution in [-0.2, 0) is 19.1 Å². The van der Waals surface area contributed by atoms with Gasteiger partial charge in [-0.25, -0.2) is 4.39 Å². The van der Waals surface area contributed by atoms with Gasteiger partial charge in [0.25, 0.3) is 0 Å². The average molecular weight is 489 g/mol. The first-order valence-corrected chi connectivity index (χ1v) is 12.8. The maximum atomic E-state index is 17.3. The van der Waals surface area contributed by atoms with E-state index in [0.29, 0.717) is 24.8 Å². The van der Waals surface area contributed by atoms with Crippen molar-refractivity contribution in [2.75, 3.05) is 0 Å². The Morgan fingerprint density at radius 2 is 1.91 bits per heavy atom. The summed E-state index contributed by atoms with van der Waals surface area (Å²) in [5, 5.41) is 22.9. The van der Waals surface area contributed by atoms with Crippen LogP contribution < -0.4 is 0 Å². The van der Waals surface area contributed by atoms with Gasteiger partial charge in [0.05, 0.1) is 6.10 Å². The second-order valence-corrected chi connectivity index (χ2v) is 11.3. The maximum Gasteiger partial charge on any atom is 0.306 e. The van der Waals surface area contributed by atoms with Crippen molar-refractivity contribution in [2.24, 2.45) is 28.6 Å². The fraction of sp³-hybridized carbons (Fsp3) is 0.679. The molecule has 0 bridgehead atoms. The number of aliphatic hydroxyl groups is 2. The van der Waals surface area contributed by atoms with Gasteiger partial charge in [0, 0.05) is 41.6 Å². The van der Waals surface area contributed by atoms with Gasteiger partial charge in [-0.2, -0.15) is 0 Å². The van der Waals surface area contributed by atoms with E-state index in [4.69, 9.17) is 4.74 Å². The van der Waals surface area contributed by atoms with E-state index >= 15 is 4.39 Å². The Hall–Kier alpha value is -2.28. The van der Waals surface area contributed by atoms with Crippen LogP contribution in [0.25, 0.3) is 0 Å². The molecule has 0 saturated heterocycles. The molecule has 192 valence electrons. The Kier molecular flexibility index (Phi) is 6.19. The first-order valence-electron chi connectivity index (χ1n) is 12.8. The van der Waals surface area contributed by atoms with Gasteiger partial charge in [-0.05, 0) is 50.7 Å². The molecular formula is C28H37FO6. The van der Waals surface area contributed by atoms with Gasteiger partial charge in [-0.3, -0.25) is 14.4 Å². The van der Waals surface area contributed by atoms with Crippen LogP contribution in [0.5, 0.6) is 0 Å². The monoisotopic (exact) mass is 488 g/mol. The Morgan fingerprint density at radius 3 is 2.54 bits per heavy atom. The Labute approximate surface area is 206 Å². The summed E-state index contributed by atoms with van der Waals surface area (Å²) in [7, 11) is 0. The van der Waals surface area contributed by atoms with Crippen molar-refractivity contribution >= 4 is 17.5 Å². The highest BCUT2D eigenvalue weighted by Gasteiger charge is 2.76. The SMILES string of the molecule is CCC(=O)C=C(O)[C@@]1(OC(=O)CC)[C@H](C)C[C@@H]2[C@@H]3CCC4=CC(=O)C=C[C@]4(C)[C@@]3(F)[C@@H](O)C[C@@]21C. The van der Waals surface area contributed by atoms with Crippen molar-refractivity contribution in [3.05, 3.63) is 35.6 Å². The van der Waals surface area contributed by atoms with Gasteiger partial charge in [0.1, 0.15) is 5.76 Å². The molecule has 3 fully saturated rings. The Balaban J connectivity index is 1.87. The zero-order valence-corrected chi connectivity index (χ0v) is 21.3. The van der Waals surface area contributed by atoms with E-state index in [1.165, 1.54) is 12.2 Å². The smallest absolute Gasteiger partial charge is 0.306 e. The molecule has 0 aromatic heterocycles. The van der Waals surface area contributed by atoms with Crippen LogP contribution in [0.1, 0.15) is 73.1 Å². The summed E-state index contributed by atoms with van der Waals surface area (Å²) in [6, 6.07) is 0. The molecule has 0 radical (unpaired) electrons. The van der Waals surface area contributed by atoms with E-state index in [9.17, 15) is 24.6 Å². The van der Waals surface area contributed by atoms with Gasteiger partial charge < -0.3 is 14.9 Å². The number of esters is 1. The van der Waals surface area contributed by atoms with Gasteiger partial charge in [-0.1, -0.05) is 39.3 Å². The molecule has 35 heavy (non-hydrogen) atoms. The molecule has 0 aliphatic heterocycles. The van der Waals surface area contributed by atoms with E-state index in [-0.39, 0.29) is 42.5 Å². The van der Waals surface area contributed by atoms with Crippen molar-refractivity contribution in [3.8, 4) is 0 Å². The molecule has 8 atom stereocenters. The molecule has 3 saturated carbocycles. The highest BCUT2D eigenvalue weighted by atomic mass is 19.1. The second-order valence-electron chi connectivity index (χ2n) is 11.3. The largest absolute Gasteiger partial charge is 0.508 e. The minimum atomic E-state index is -2.03. The second kappa shape index (κ2) is 8.39. The van der Waals surface area contributed by atoms with E-state index in [2.05, 4.69) is 0 Å². The summed E-state index contributed by atoms with van der Waals surface area (Å²) >= 11 is 0. The standard InChI is InChI=1S/C28H37FO6/c1-6-18(30)14-22(32)28(35-24(34)7-2)16(3)12-21-20-9-8-17-13-19(31)10-11-25(17,4)27(20,29)23(33)15-26(21,28)5/h10-11,13-14,16,20-21,23,32-33H,6-9,12,15H2,1-5H3/t16-,20+,21-,23+,25+,26+,27+,28+/m1/s1. The number of carbonyl (C=O) groups excluding carboxylic acids is 3. The molecule has 6 nitrogen and oxygen atoms in total. The molecule has 4 aliphatic rings. The van der Waals surface area contributed by atoms with Crippen LogP contribution in [0.2, 0.25) is 0 Å². The minimum Gasteiger partial charge on any atom is -0.508 e. The fourth-order valence-electron chi connectivity index (χ4n) is 7.96. The van der Waals surface area contributed by atoms with Gasteiger partial charge in [0.2, 0.25) is 0 Å². The molecule has 4 rings (SSSR count). The number of carbonyl (C=O) groups is 3. The van der Waals surface area contributed by atoms with Gasteiger partial charge >= 0.3 is 5.97 Å². The highest BCUT2D eigenvalue weighted by molar-refractivity contribution is 6.01. The van der Waals surface area contributed by atoms with E-state index in [0.717, 1.165) is 6.08 Å². The molecule has 0 heterocycles. The van der Waals surface area contributed by atoms with Crippen molar-refractivity contribution in [3.63, 3.8) is 0 Å². The summed E-state index contributed by atoms with van der Waals surface area (Å²) in [5.74, 6) is -2.65. The molecule has 0 spiro atoms.